The van der Waals surface area contributed by atoms with E-state index in [0.717, 1.165) is 0 Å². The molecule has 0 aliphatic carbocycles. The number of hydrogen-bond acceptors (Lipinski definition) is 4. The summed E-state index contributed by atoms with van der Waals surface area (Å²) in [6.45, 7) is 0. The number of carboxylic acids is 1. The Bertz CT molecular complexity index is 761. The van der Waals surface area contributed by atoms with Gasteiger partial charge < -0.3 is 19.9 Å². The molecule has 1 unspecified atom stereocenters. The van der Waals surface area contributed by atoms with E-state index in [-0.39, 0.29) is 17.7 Å². The molecule has 1 atom stereocenters. The van der Waals surface area contributed by atoms with Crippen LogP contribution in [0.5, 0.6) is 11.5 Å². The SMILES string of the molecule is COc1cccc(C(=O)NC(CC(=O)O)c2ccc(F)cc2)c1OC. The van der Waals surface area contributed by atoms with Crippen molar-refractivity contribution < 1.29 is 28.6 Å². The molecule has 25 heavy (non-hydrogen) atoms. The van der Waals surface area contributed by atoms with Gasteiger partial charge in [-0.2, -0.15) is 0 Å². The Morgan fingerprint density at radius 2 is 1.80 bits per heavy atom. The largest absolute Gasteiger partial charge is 0.493 e. The van der Waals surface area contributed by atoms with Crippen LogP contribution in [0.15, 0.2) is 42.5 Å². The van der Waals surface area contributed by atoms with E-state index in [2.05, 4.69) is 5.32 Å². The molecule has 0 saturated carbocycles. The predicted molar refractivity (Wildman–Crippen MR) is 88.4 cm³/mol. The minimum absolute atomic E-state index is 0.208. The number of nitrogens with one attached hydrogen (secondary N) is 1. The van der Waals surface area contributed by atoms with Crippen LogP contribution in [0.25, 0.3) is 0 Å². The normalized spacial score (nSPS) is 11.5. The monoisotopic (exact) mass is 347 g/mol. The maximum atomic E-state index is 13.1. The first kappa shape index (κ1) is 18.3. The molecule has 0 radical (unpaired) electrons. The third-order valence-electron chi connectivity index (χ3n) is 3.60. The Labute approximate surface area is 144 Å². The molecule has 132 valence electrons. The van der Waals surface area contributed by atoms with Crippen molar-refractivity contribution in [2.45, 2.75) is 12.5 Å². The summed E-state index contributed by atoms with van der Waals surface area (Å²) < 4.78 is 23.5. The van der Waals surface area contributed by atoms with E-state index in [4.69, 9.17) is 14.6 Å². The van der Waals surface area contributed by atoms with Crippen molar-refractivity contribution in [2.75, 3.05) is 14.2 Å². The molecule has 0 heterocycles. The number of para-hydroxylation sites is 1. The second kappa shape index (κ2) is 8.14. The zero-order valence-corrected chi connectivity index (χ0v) is 13.8. The molecule has 2 rings (SSSR count). The van der Waals surface area contributed by atoms with Crippen molar-refractivity contribution in [2.24, 2.45) is 0 Å². The van der Waals surface area contributed by atoms with Gasteiger partial charge in [-0.15, -0.1) is 0 Å². The minimum Gasteiger partial charge on any atom is -0.493 e. The van der Waals surface area contributed by atoms with Crippen LogP contribution in [-0.4, -0.2) is 31.2 Å². The average Bonchev–Trinajstić information content (AvgIpc) is 2.60. The lowest BCUT2D eigenvalue weighted by Crippen LogP contribution is -2.30. The van der Waals surface area contributed by atoms with Gasteiger partial charge in [-0.25, -0.2) is 4.39 Å². The van der Waals surface area contributed by atoms with E-state index in [1.807, 2.05) is 0 Å². The lowest BCUT2D eigenvalue weighted by Gasteiger charge is -2.19. The zero-order chi connectivity index (χ0) is 18.4. The van der Waals surface area contributed by atoms with Crippen LogP contribution in [-0.2, 0) is 4.79 Å². The lowest BCUT2D eigenvalue weighted by atomic mass is 10.0. The predicted octanol–water partition coefficient (Wildman–Crippen LogP) is 2.79. The van der Waals surface area contributed by atoms with Gasteiger partial charge in [0, 0.05) is 0 Å². The second-order valence-corrected chi connectivity index (χ2v) is 5.22. The fraction of sp³-hybridized carbons (Fsp3) is 0.222. The van der Waals surface area contributed by atoms with Gasteiger partial charge in [0.15, 0.2) is 11.5 Å². The van der Waals surface area contributed by atoms with Crippen molar-refractivity contribution >= 4 is 11.9 Å². The van der Waals surface area contributed by atoms with Gasteiger partial charge in [-0.05, 0) is 29.8 Å². The van der Waals surface area contributed by atoms with Gasteiger partial charge in [0.1, 0.15) is 5.82 Å². The highest BCUT2D eigenvalue weighted by Gasteiger charge is 2.22. The number of benzene rings is 2. The highest BCUT2D eigenvalue weighted by Crippen LogP contribution is 2.31. The summed E-state index contributed by atoms with van der Waals surface area (Å²) in [6.07, 6.45) is -0.344. The first-order valence-corrected chi connectivity index (χ1v) is 7.45. The maximum absolute atomic E-state index is 13.1. The molecular formula is C18H18FNO5. The number of methoxy groups -OCH3 is 2. The smallest absolute Gasteiger partial charge is 0.305 e. The first-order chi connectivity index (χ1) is 12.0. The Kier molecular flexibility index (Phi) is 5.94. The maximum Gasteiger partial charge on any atom is 0.305 e. The summed E-state index contributed by atoms with van der Waals surface area (Å²) in [5, 5.41) is 11.7. The summed E-state index contributed by atoms with van der Waals surface area (Å²) >= 11 is 0. The fourth-order valence-electron chi connectivity index (χ4n) is 2.42. The third kappa shape index (κ3) is 4.47. The van der Waals surface area contributed by atoms with Crippen LogP contribution in [0, 0.1) is 5.82 Å². The van der Waals surface area contributed by atoms with E-state index in [0.29, 0.717) is 11.3 Å². The van der Waals surface area contributed by atoms with Gasteiger partial charge in [0.2, 0.25) is 0 Å². The Morgan fingerprint density at radius 1 is 1.12 bits per heavy atom. The van der Waals surface area contributed by atoms with E-state index in [9.17, 15) is 14.0 Å². The molecule has 0 aliphatic heterocycles. The van der Waals surface area contributed by atoms with Crippen molar-refractivity contribution in [1.82, 2.24) is 5.32 Å². The number of carbonyl (C=O) groups excluding carboxylic acids is 1. The Hall–Kier alpha value is -3.09. The average molecular weight is 347 g/mol. The van der Waals surface area contributed by atoms with Crippen LogP contribution in [0.4, 0.5) is 4.39 Å². The van der Waals surface area contributed by atoms with Crippen molar-refractivity contribution in [3.05, 3.63) is 59.4 Å². The molecule has 7 heteroatoms. The molecule has 0 aliphatic rings. The summed E-state index contributed by atoms with van der Waals surface area (Å²) in [4.78, 5) is 23.7. The molecule has 2 aromatic carbocycles. The van der Waals surface area contributed by atoms with E-state index in [1.165, 1.54) is 38.5 Å². The molecule has 0 bridgehead atoms. The Morgan fingerprint density at radius 3 is 2.36 bits per heavy atom. The number of carboxylic acid groups (broad SMARTS) is 1. The molecule has 0 spiro atoms. The molecule has 2 aromatic rings. The fourth-order valence-corrected chi connectivity index (χ4v) is 2.42. The van der Waals surface area contributed by atoms with E-state index < -0.39 is 23.7 Å². The van der Waals surface area contributed by atoms with Crippen LogP contribution >= 0.6 is 0 Å². The molecule has 0 aromatic heterocycles. The van der Waals surface area contributed by atoms with Gasteiger partial charge >= 0.3 is 5.97 Å². The number of amides is 1. The van der Waals surface area contributed by atoms with E-state index in [1.54, 1.807) is 18.2 Å². The highest BCUT2D eigenvalue weighted by molar-refractivity contribution is 5.98. The number of hydrogen-bond donors (Lipinski definition) is 2. The molecule has 6 nitrogen and oxygen atoms in total. The third-order valence-corrected chi connectivity index (χ3v) is 3.60. The summed E-state index contributed by atoms with van der Waals surface area (Å²) in [5.74, 6) is -1.43. The molecule has 2 N–H and O–H groups in total. The first-order valence-electron chi connectivity index (χ1n) is 7.45. The number of rotatable bonds is 7. The van der Waals surface area contributed by atoms with Gasteiger partial charge in [-0.1, -0.05) is 18.2 Å². The van der Waals surface area contributed by atoms with Crippen LogP contribution in [0.3, 0.4) is 0 Å². The number of aliphatic carboxylic acids is 1. The standard InChI is InChI=1S/C18H18FNO5/c1-24-15-5-3-4-13(17(15)25-2)18(23)20-14(10-16(21)22)11-6-8-12(19)9-7-11/h3-9,14H,10H2,1-2H3,(H,20,23)(H,21,22). The van der Waals surface area contributed by atoms with Gasteiger partial charge in [0.25, 0.3) is 5.91 Å². The van der Waals surface area contributed by atoms with Gasteiger partial charge in [-0.3, -0.25) is 9.59 Å². The van der Waals surface area contributed by atoms with Crippen LogP contribution in [0.1, 0.15) is 28.4 Å². The summed E-state index contributed by atoms with van der Waals surface area (Å²) in [6, 6.07) is 9.29. The number of halogens is 1. The summed E-state index contributed by atoms with van der Waals surface area (Å²) in [5.41, 5.74) is 0.693. The van der Waals surface area contributed by atoms with E-state index >= 15 is 0 Å². The highest BCUT2D eigenvalue weighted by atomic mass is 19.1. The number of carbonyl (C=O) groups is 2. The lowest BCUT2D eigenvalue weighted by molar-refractivity contribution is -0.137. The topological polar surface area (TPSA) is 84.9 Å². The van der Waals surface area contributed by atoms with Crippen molar-refractivity contribution in [3.8, 4) is 11.5 Å². The second-order valence-electron chi connectivity index (χ2n) is 5.22. The molecule has 0 fully saturated rings. The molecule has 0 saturated heterocycles. The zero-order valence-electron chi connectivity index (χ0n) is 13.8. The van der Waals surface area contributed by atoms with Crippen molar-refractivity contribution in [1.29, 1.82) is 0 Å². The van der Waals surface area contributed by atoms with Crippen LogP contribution < -0.4 is 14.8 Å². The summed E-state index contributed by atoms with van der Waals surface area (Å²) in [7, 11) is 2.86. The van der Waals surface area contributed by atoms with Crippen LogP contribution in [0.2, 0.25) is 0 Å². The van der Waals surface area contributed by atoms with Crippen molar-refractivity contribution in [3.63, 3.8) is 0 Å². The molecular weight excluding hydrogens is 329 g/mol. The minimum atomic E-state index is -1.09. The van der Waals surface area contributed by atoms with Gasteiger partial charge in [0.05, 0.1) is 32.2 Å². The Balaban J connectivity index is 2.31. The quantitative estimate of drug-likeness (QED) is 0.804. The molecule has 1 amide bonds. The number of ether oxygens (including phenoxy) is 2.